The average Bonchev–Trinajstić information content (AvgIpc) is 3.03. The highest BCUT2D eigenvalue weighted by atomic mass is 32.1. The Kier molecular flexibility index (Phi) is 5.58. The Morgan fingerprint density at radius 2 is 1.77 bits per heavy atom. The first-order chi connectivity index (χ1) is 12.6. The van der Waals surface area contributed by atoms with Gasteiger partial charge in [-0.3, -0.25) is 0 Å². The highest BCUT2D eigenvalue weighted by molar-refractivity contribution is 7.71. The summed E-state index contributed by atoms with van der Waals surface area (Å²) in [6.45, 7) is 6.21. The highest BCUT2D eigenvalue weighted by Crippen LogP contribution is 2.18. The van der Waals surface area contributed by atoms with Crippen molar-refractivity contribution in [2.24, 2.45) is 5.10 Å². The SMILES string of the molecule is CCN(CC)c1ccc(/C=N/n2c(-c3ccc(F)cc3)n[nH]c2=S)cc1. The molecule has 3 aromatic rings. The van der Waals surface area contributed by atoms with Gasteiger partial charge in [-0.25, -0.2) is 9.49 Å². The largest absolute Gasteiger partial charge is 0.372 e. The first-order valence-corrected chi connectivity index (χ1v) is 8.86. The lowest BCUT2D eigenvalue weighted by molar-refractivity contribution is 0.628. The molecule has 0 saturated heterocycles. The fraction of sp³-hybridized carbons (Fsp3) is 0.211. The molecule has 0 radical (unpaired) electrons. The Labute approximate surface area is 156 Å². The second-order valence-electron chi connectivity index (χ2n) is 5.68. The molecule has 0 fully saturated rings. The zero-order valence-corrected chi connectivity index (χ0v) is 15.5. The maximum atomic E-state index is 13.1. The summed E-state index contributed by atoms with van der Waals surface area (Å²) < 4.78 is 15.0. The minimum Gasteiger partial charge on any atom is -0.372 e. The summed E-state index contributed by atoms with van der Waals surface area (Å²) in [4.78, 5) is 2.28. The molecule has 0 unspecified atom stereocenters. The number of H-pyrrole nitrogens is 1. The Bertz CT molecular complexity index is 937. The number of hydrogen-bond acceptors (Lipinski definition) is 4. The van der Waals surface area contributed by atoms with E-state index < -0.39 is 0 Å². The van der Waals surface area contributed by atoms with Gasteiger partial charge in [0.25, 0.3) is 0 Å². The fourth-order valence-corrected chi connectivity index (χ4v) is 2.85. The Morgan fingerprint density at radius 3 is 2.38 bits per heavy atom. The van der Waals surface area contributed by atoms with Gasteiger partial charge in [-0.2, -0.15) is 14.9 Å². The second-order valence-corrected chi connectivity index (χ2v) is 6.07. The van der Waals surface area contributed by atoms with Crippen molar-refractivity contribution in [3.8, 4) is 11.4 Å². The lowest BCUT2D eigenvalue weighted by Crippen LogP contribution is -2.21. The molecular weight excluding hydrogens is 349 g/mol. The quantitative estimate of drug-likeness (QED) is 0.515. The summed E-state index contributed by atoms with van der Waals surface area (Å²) in [5, 5.41) is 11.4. The molecule has 3 rings (SSSR count). The zero-order valence-electron chi connectivity index (χ0n) is 14.7. The van der Waals surface area contributed by atoms with E-state index in [0.29, 0.717) is 10.6 Å². The van der Waals surface area contributed by atoms with E-state index in [1.165, 1.54) is 22.5 Å². The molecule has 0 bridgehead atoms. The van der Waals surface area contributed by atoms with Crippen LogP contribution in [-0.4, -0.2) is 34.2 Å². The normalized spacial score (nSPS) is 11.2. The number of aromatic nitrogens is 3. The van der Waals surface area contributed by atoms with Gasteiger partial charge in [0, 0.05) is 24.3 Å². The van der Waals surface area contributed by atoms with E-state index in [1.54, 1.807) is 18.3 Å². The van der Waals surface area contributed by atoms with Gasteiger partial charge in [0.15, 0.2) is 5.82 Å². The molecule has 0 saturated carbocycles. The summed E-state index contributed by atoms with van der Waals surface area (Å²) in [7, 11) is 0. The number of nitrogens with one attached hydrogen (secondary N) is 1. The summed E-state index contributed by atoms with van der Waals surface area (Å²) in [5.74, 6) is 0.234. The number of hydrogen-bond donors (Lipinski definition) is 1. The van der Waals surface area contributed by atoms with Crippen LogP contribution in [0.1, 0.15) is 19.4 Å². The van der Waals surface area contributed by atoms with Crippen LogP contribution < -0.4 is 4.90 Å². The third kappa shape index (κ3) is 3.88. The second kappa shape index (κ2) is 8.05. The van der Waals surface area contributed by atoms with Gasteiger partial charge in [-0.05, 0) is 68.0 Å². The molecule has 1 N–H and O–H groups in total. The fourth-order valence-electron chi connectivity index (χ4n) is 2.67. The molecule has 0 spiro atoms. The first-order valence-electron chi connectivity index (χ1n) is 8.45. The van der Waals surface area contributed by atoms with Crippen molar-refractivity contribution in [1.82, 2.24) is 14.9 Å². The minimum atomic E-state index is -0.300. The first kappa shape index (κ1) is 18.0. The molecule has 0 aliphatic rings. The van der Waals surface area contributed by atoms with Crippen molar-refractivity contribution >= 4 is 24.1 Å². The Morgan fingerprint density at radius 1 is 1.12 bits per heavy atom. The summed E-state index contributed by atoms with van der Waals surface area (Å²) in [5.41, 5.74) is 2.86. The number of anilines is 1. The molecule has 0 aliphatic carbocycles. The van der Waals surface area contributed by atoms with E-state index in [-0.39, 0.29) is 5.82 Å². The van der Waals surface area contributed by atoms with Crippen LogP contribution in [0.5, 0.6) is 0 Å². The predicted molar refractivity (Wildman–Crippen MR) is 106 cm³/mol. The lowest BCUT2D eigenvalue weighted by atomic mass is 10.2. The van der Waals surface area contributed by atoms with Crippen LogP contribution in [0.25, 0.3) is 11.4 Å². The van der Waals surface area contributed by atoms with Gasteiger partial charge < -0.3 is 4.90 Å². The maximum Gasteiger partial charge on any atom is 0.216 e. The summed E-state index contributed by atoms with van der Waals surface area (Å²) >= 11 is 5.25. The zero-order chi connectivity index (χ0) is 18.5. The van der Waals surface area contributed by atoms with Crippen LogP contribution in [0.4, 0.5) is 10.1 Å². The van der Waals surface area contributed by atoms with Crippen LogP contribution in [0.15, 0.2) is 53.6 Å². The predicted octanol–water partition coefficient (Wildman–Crippen LogP) is 4.48. The van der Waals surface area contributed by atoms with E-state index in [1.807, 2.05) is 12.1 Å². The third-order valence-corrected chi connectivity index (χ3v) is 4.36. The summed E-state index contributed by atoms with van der Waals surface area (Å²) in [6.07, 6.45) is 1.73. The molecule has 0 aliphatic heterocycles. The van der Waals surface area contributed by atoms with Gasteiger partial charge in [-0.1, -0.05) is 12.1 Å². The molecule has 1 heterocycles. The topological polar surface area (TPSA) is 49.2 Å². The van der Waals surface area contributed by atoms with Crippen LogP contribution in [0.2, 0.25) is 0 Å². The standard InChI is InChI=1S/C19H20FN5S/c1-3-24(4-2)17-11-5-14(6-12-17)13-21-25-18(22-23-19(25)26)15-7-9-16(20)10-8-15/h5-13H,3-4H2,1-2H3,(H,23,26)/b21-13+. The van der Waals surface area contributed by atoms with Gasteiger partial charge >= 0.3 is 0 Å². The number of halogens is 1. The van der Waals surface area contributed by atoms with Gasteiger partial charge in [0.2, 0.25) is 4.77 Å². The van der Waals surface area contributed by atoms with Crippen molar-refractivity contribution in [3.63, 3.8) is 0 Å². The molecule has 0 atom stereocenters. The Hall–Kier alpha value is -2.80. The van der Waals surface area contributed by atoms with E-state index in [9.17, 15) is 4.39 Å². The number of nitrogens with zero attached hydrogens (tertiary/aromatic N) is 4. The van der Waals surface area contributed by atoms with Crippen LogP contribution in [0.3, 0.4) is 0 Å². The van der Waals surface area contributed by atoms with Crippen molar-refractivity contribution < 1.29 is 4.39 Å². The van der Waals surface area contributed by atoms with E-state index >= 15 is 0 Å². The van der Waals surface area contributed by atoms with Gasteiger partial charge in [0.05, 0.1) is 6.21 Å². The molecular formula is C19H20FN5S. The number of aromatic amines is 1. The minimum absolute atomic E-state index is 0.300. The maximum absolute atomic E-state index is 13.1. The molecule has 0 amide bonds. The molecule has 7 heteroatoms. The van der Waals surface area contributed by atoms with Crippen LogP contribution in [0, 0.1) is 10.6 Å². The number of benzene rings is 2. The summed E-state index contributed by atoms with van der Waals surface area (Å²) in [6, 6.07) is 14.2. The molecule has 1 aromatic heterocycles. The van der Waals surface area contributed by atoms with Crippen LogP contribution >= 0.6 is 12.2 Å². The molecule has 26 heavy (non-hydrogen) atoms. The van der Waals surface area contributed by atoms with Crippen molar-refractivity contribution in [2.45, 2.75) is 13.8 Å². The van der Waals surface area contributed by atoms with Crippen molar-refractivity contribution in [2.75, 3.05) is 18.0 Å². The van der Waals surface area contributed by atoms with Crippen molar-refractivity contribution in [3.05, 3.63) is 64.7 Å². The average molecular weight is 369 g/mol. The highest BCUT2D eigenvalue weighted by Gasteiger charge is 2.08. The van der Waals surface area contributed by atoms with E-state index in [0.717, 1.165) is 24.2 Å². The number of rotatable bonds is 6. The van der Waals surface area contributed by atoms with Gasteiger partial charge in [0.1, 0.15) is 5.82 Å². The molecule has 134 valence electrons. The smallest absolute Gasteiger partial charge is 0.216 e. The third-order valence-electron chi connectivity index (χ3n) is 4.10. The van der Waals surface area contributed by atoms with E-state index in [4.69, 9.17) is 12.2 Å². The van der Waals surface area contributed by atoms with Gasteiger partial charge in [-0.15, -0.1) is 0 Å². The molecule has 2 aromatic carbocycles. The van der Waals surface area contributed by atoms with E-state index in [2.05, 4.69) is 46.2 Å². The Balaban J connectivity index is 1.86. The molecule has 5 nitrogen and oxygen atoms in total. The monoisotopic (exact) mass is 369 g/mol. The van der Waals surface area contributed by atoms with Crippen LogP contribution in [-0.2, 0) is 0 Å². The lowest BCUT2D eigenvalue weighted by Gasteiger charge is -2.20. The van der Waals surface area contributed by atoms with Crippen molar-refractivity contribution in [1.29, 1.82) is 0 Å².